The first-order valence-corrected chi connectivity index (χ1v) is 14.2. The molecule has 1 amide bonds. The van der Waals surface area contributed by atoms with Gasteiger partial charge in [0.25, 0.3) is 15.9 Å². The van der Waals surface area contributed by atoms with Crippen LogP contribution in [0.1, 0.15) is 55.7 Å². The topological polar surface area (TPSA) is 75.3 Å². The molecule has 0 aromatic heterocycles. The summed E-state index contributed by atoms with van der Waals surface area (Å²) in [5.74, 6) is -0.947. The number of carbonyl (C=O) groups excluding carboxylic acids is 1. The minimum atomic E-state index is -3.97. The van der Waals surface area contributed by atoms with Crippen molar-refractivity contribution in [3.63, 3.8) is 0 Å². The van der Waals surface area contributed by atoms with Crippen molar-refractivity contribution >= 4 is 27.7 Å². The van der Waals surface area contributed by atoms with Gasteiger partial charge in [0.05, 0.1) is 4.90 Å². The zero-order valence-electron chi connectivity index (χ0n) is 21.5. The summed E-state index contributed by atoms with van der Waals surface area (Å²) in [7, 11) is -3.97. The smallest absolute Gasteiger partial charge is 0.264 e. The molecule has 5 nitrogen and oxygen atoms in total. The predicted octanol–water partition coefficient (Wildman–Crippen LogP) is 6.76. The van der Waals surface area contributed by atoms with Crippen LogP contribution >= 0.6 is 0 Å². The molecule has 3 aromatic rings. The van der Waals surface area contributed by atoms with Crippen molar-refractivity contribution in [3.8, 4) is 11.1 Å². The van der Waals surface area contributed by atoms with Gasteiger partial charge in [0.1, 0.15) is 5.82 Å². The van der Waals surface area contributed by atoms with Gasteiger partial charge in [-0.05, 0) is 91.8 Å². The zero-order valence-corrected chi connectivity index (χ0v) is 22.3. The standard InChI is InChI=1S/C30H33FN2O3S/c1-4-22(30(34)33-37(35,36)26-12-6-5-7-13-26)18-23-16-21(3)28(17-20(23)2)27-15-14-25(19-29(27)31)32-24-10-8-9-11-24/h5-7,12-19,24,32H,4,8-11H2,1-3H3,(H,33,34)/b22-18+. The number of carbonyl (C=O) groups is 1. The summed E-state index contributed by atoms with van der Waals surface area (Å²) in [6, 6.07) is 17.3. The molecule has 0 saturated heterocycles. The molecule has 37 heavy (non-hydrogen) atoms. The third-order valence-corrected chi connectivity index (χ3v) is 8.23. The number of aryl methyl sites for hydroxylation is 2. The Kier molecular flexibility index (Phi) is 8.13. The molecule has 4 rings (SSSR count). The lowest BCUT2D eigenvalue weighted by atomic mass is 9.93. The summed E-state index contributed by atoms with van der Waals surface area (Å²) in [4.78, 5) is 12.9. The average Bonchev–Trinajstić information content (AvgIpc) is 3.38. The first-order chi connectivity index (χ1) is 17.7. The van der Waals surface area contributed by atoms with Crippen molar-refractivity contribution in [1.29, 1.82) is 0 Å². The van der Waals surface area contributed by atoms with Gasteiger partial charge >= 0.3 is 0 Å². The molecule has 0 radical (unpaired) electrons. The molecule has 0 aliphatic heterocycles. The number of halogens is 1. The van der Waals surface area contributed by atoms with Gasteiger partial charge in [0.2, 0.25) is 0 Å². The Morgan fingerprint density at radius 3 is 2.32 bits per heavy atom. The molecular weight excluding hydrogens is 487 g/mol. The number of anilines is 1. The highest BCUT2D eigenvalue weighted by Gasteiger charge is 2.20. The van der Waals surface area contributed by atoms with Gasteiger partial charge in [-0.3, -0.25) is 4.79 Å². The molecule has 1 aliphatic rings. The molecule has 194 valence electrons. The molecule has 0 bridgehead atoms. The number of amides is 1. The van der Waals surface area contributed by atoms with Crippen LogP contribution < -0.4 is 10.0 Å². The number of nitrogens with one attached hydrogen (secondary N) is 2. The SMILES string of the molecule is CC/C(=C\c1cc(C)c(-c2ccc(NC3CCCC3)cc2F)cc1C)C(=O)NS(=O)(=O)c1ccccc1. The summed E-state index contributed by atoms with van der Waals surface area (Å²) >= 11 is 0. The lowest BCUT2D eigenvalue weighted by Crippen LogP contribution is -2.31. The van der Waals surface area contributed by atoms with Crippen LogP contribution in [-0.4, -0.2) is 20.4 Å². The van der Waals surface area contributed by atoms with Crippen LogP contribution in [0.25, 0.3) is 17.2 Å². The van der Waals surface area contributed by atoms with Crippen LogP contribution in [0.15, 0.2) is 71.1 Å². The van der Waals surface area contributed by atoms with Crippen LogP contribution in [0.4, 0.5) is 10.1 Å². The molecule has 0 unspecified atom stereocenters. The first kappa shape index (κ1) is 26.6. The van der Waals surface area contributed by atoms with E-state index in [4.69, 9.17) is 0 Å². The normalized spacial score (nSPS) is 14.5. The number of rotatable bonds is 8. The molecule has 1 fully saturated rings. The first-order valence-electron chi connectivity index (χ1n) is 12.7. The summed E-state index contributed by atoms with van der Waals surface area (Å²) in [5.41, 5.74) is 4.95. The van der Waals surface area contributed by atoms with E-state index in [1.54, 1.807) is 37.3 Å². The lowest BCUT2D eigenvalue weighted by Gasteiger charge is -2.16. The molecule has 3 aromatic carbocycles. The van der Waals surface area contributed by atoms with Gasteiger partial charge in [-0.15, -0.1) is 0 Å². The van der Waals surface area contributed by atoms with Crippen molar-refractivity contribution in [2.45, 2.75) is 63.8 Å². The number of sulfonamides is 1. The van der Waals surface area contributed by atoms with Crippen molar-refractivity contribution < 1.29 is 17.6 Å². The molecule has 0 atom stereocenters. The van der Waals surface area contributed by atoms with E-state index in [1.165, 1.54) is 25.0 Å². The fourth-order valence-corrected chi connectivity index (χ4v) is 5.78. The zero-order chi connectivity index (χ0) is 26.6. The van der Waals surface area contributed by atoms with E-state index in [2.05, 4.69) is 10.0 Å². The second-order valence-corrected chi connectivity index (χ2v) is 11.3. The highest BCUT2D eigenvalue weighted by molar-refractivity contribution is 7.90. The van der Waals surface area contributed by atoms with Crippen molar-refractivity contribution in [1.82, 2.24) is 4.72 Å². The second kappa shape index (κ2) is 11.3. The molecule has 1 saturated carbocycles. The largest absolute Gasteiger partial charge is 0.382 e. The highest BCUT2D eigenvalue weighted by Crippen LogP contribution is 2.32. The summed E-state index contributed by atoms with van der Waals surface area (Å²) < 4.78 is 42.5. The average molecular weight is 521 g/mol. The van der Waals surface area contributed by atoms with E-state index in [-0.39, 0.29) is 10.7 Å². The summed E-state index contributed by atoms with van der Waals surface area (Å²) in [6.45, 7) is 5.60. The summed E-state index contributed by atoms with van der Waals surface area (Å²) in [6.07, 6.45) is 6.70. The van der Waals surface area contributed by atoms with Crippen molar-refractivity contribution in [3.05, 3.63) is 88.7 Å². The Balaban J connectivity index is 1.57. The quantitative estimate of drug-likeness (QED) is 0.322. The fraction of sp³-hybridized carbons (Fsp3) is 0.300. The highest BCUT2D eigenvalue weighted by atomic mass is 32.2. The Bertz CT molecular complexity index is 1430. The van der Waals surface area contributed by atoms with E-state index in [0.717, 1.165) is 40.8 Å². The fourth-order valence-electron chi connectivity index (χ4n) is 4.78. The van der Waals surface area contributed by atoms with Crippen LogP contribution in [-0.2, 0) is 14.8 Å². The Labute approximate surface area is 218 Å². The molecule has 1 aliphatic carbocycles. The second-order valence-electron chi connectivity index (χ2n) is 9.61. The molecule has 2 N–H and O–H groups in total. The van der Waals surface area contributed by atoms with Gasteiger partial charge in [0.15, 0.2) is 0 Å². The molecule has 0 spiro atoms. The maximum absolute atomic E-state index is 15.1. The molecular formula is C30H33FN2O3S. The van der Waals surface area contributed by atoms with Gasteiger partial charge in [0, 0.05) is 22.9 Å². The van der Waals surface area contributed by atoms with E-state index >= 15 is 4.39 Å². The van der Waals surface area contributed by atoms with Gasteiger partial charge < -0.3 is 5.32 Å². The van der Waals surface area contributed by atoms with Gasteiger partial charge in [-0.25, -0.2) is 17.5 Å². The minimum Gasteiger partial charge on any atom is -0.382 e. The van der Waals surface area contributed by atoms with E-state index in [0.29, 0.717) is 23.6 Å². The van der Waals surface area contributed by atoms with Gasteiger partial charge in [-0.1, -0.05) is 50.1 Å². The number of benzene rings is 3. The van der Waals surface area contributed by atoms with Crippen LogP contribution in [0.3, 0.4) is 0 Å². The van der Waals surface area contributed by atoms with Gasteiger partial charge in [-0.2, -0.15) is 0 Å². The Morgan fingerprint density at radius 1 is 0.973 bits per heavy atom. The predicted molar refractivity (Wildman–Crippen MR) is 147 cm³/mol. The summed E-state index contributed by atoms with van der Waals surface area (Å²) in [5, 5.41) is 3.43. The maximum atomic E-state index is 15.1. The van der Waals surface area contributed by atoms with E-state index < -0.39 is 15.9 Å². The molecule has 0 heterocycles. The van der Waals surface area contributed by atoms with Crippen molar-refractivity contribution in [2.24, 2.45) is 0 Å². The van der Waals surface area contributed by atoms with Crippen LogP contribution in [0.5, 0.6) is 0 Å². The van der Waals surface area contributed by atoms with Crippen molar-refractivity contribution in [2.75, 3.05) is 5.32 Å². The third kappa shape index (κ3) is 6.28. The maximum Gasteiger partial charge on any atom is 0.264 e. The minimum absolute atomic E-state index is 0.0293. The monoisotopic (exact) mass is 520 g/mol. The van der Waals surface area contributed by atoms with E-state index in [9.17, 15) is 13.2 Å². The molecule has 7 heteroatoms. The number of hydrogen-bond acceptors (Lipinski definition) is 4. The number of hydrogen-bond donors (Lipinski definition) is 2. The Hall–Kier alpha value is -3.45. The third-order valence-electron chi connectivity index (χ3n) is 6.88. The van der Waals surface area contributed by atoms with Crippen LogP contribution in [0.2, 0.25) is 0 Å². The Morgan fingerprint density at radius 2 is 1.68 bits per heavy atom. The van der Waals surface area contributed by atoms with Crippen LogP contribution in [0, 0.1) is 19.7 Å². The lowest BCUT2D eigenvalue weighted by molar-refractivity contribution is -0.115. The van der Waals surface area contributed by atoms with E-state index in [1.807, 2.05) is 38.1 Å².